The summed E-state index contributed by atoms with van der Waals surface area (Å²) in [4.78, 5) is 8.87. The molecule has 2 aromatic carbocycles. The number of aliphatic imine (C=N–C) groups is 1. The zero-order chi connectivity index (χ0) is 22.7. The van der Waals surface area contributed by atoms with Gasteiger partial charge in [0.2, 0.25) is 5.96 Å². The van der Waals surface area contributed by atoms with Gasteiger partial charge < -0.3 is 21.5 Å². The minimum absolute atomic E-state index is 0.00650. The van der Waals surface area contributed by atoms with Crippen molar-refractivity contribution in [3.05, 3.63) is 75.3 Å². The van der Waals surface area contributed by atoms with E-state index in [0.29, 0.717) is 29.3 Å². The van der Waals surface area contributed by atoms with Gasteiger partial charge in [-0.15, -0.1) is 0 Å². The van der Waals surface area contributed by atoms with Gasteiger partial charge in [-0.1, -0.05) is 46.3 Å². The van der Waals surface area contributed by atoms with E-state index in [1.54, 1.807) is 0 Å². The van der Waals surface area contributed by atoms with Crippen molar-refractivity contribution in [2.75, 3.05) is 16.8 Å². The van der Waals surface area contributed by atoms with Gasteiger partial charge in [0.1, 0.15) is 41.7 Å². The summed E-state index contributed by atoms with van der Waals surface area (Å²) in [5, 5.41) is 24.0. The molecule has 0 bridgehead atoms. The lowest BCUT2D eigenvalue weighted by atomic mass is 9.94. The zero-order valence-corrected chi connectivity index (χ0v) is 18.2. The van der Waals surface area contributed by atoms with Gasteiger partial charge in [0.15, 0.2) is 6.19 Å². The number of para-hydroxylation sites is 1. The Balaban J connectivity index is 1.78. The summed E-state index contributed by atoms with van der Waals surface area (Å²) in [5.41, 5.74) is 14.6. The van der Waals surface area contributed by atoms with Crippen LogP contribution in [0.15, 0.2) is 58.0 Å². The Hall–Kier alpha value is -4.28. The lowest BCUT2D eigenvalue weighted by molar-refractivity contribution is 0.302. The highest BCUT2D eigenvalue weighted by molar-refractivity contribution is 9.10. The first kappa shape index (κ1) is 21.0. The molecule has 3 aromatic rings. The largest absolute Gasteiger partial charge is 0.489 e. The molecule has 0 amide bonds. The molecule has 10 heteroatoms. The van der Waals surface area contributed by atoms with Crippen molar-refractivity contribution in [1.82, 2.24) is 10.3 Å². The summed E-state index contributed by atoms with van der Waals surface area (Å²) in [6, 6.07) is 16.5. The van der Waals surface area contributed by atoms with Crippen LogP contribution in [0.1, 0.15) is 28.3 Å². The second kappa shape index (κ2) is 8.84. The van der Waals surface area contributed by atoms with Crippen LogP contribution in [0.25, 0.3) is 0 Å². The summed E-state index contributed by atoms with van der Waals surface area (Å²) in [6.45, 7) is 0.341. The van der Waals surface area contributed by atoms with E-state index >= 15 is 0 Å². The lowest BCUT2D eigenvalue weighted by Gasteiger charge is -2.27. The third-order valence-corrected chi connectivity index (χ3v) is 5.41. The highest BCUT2D eigenvalue weighted by atomic mass is 79.9. The smallest absolute Gasteiger partial charge is 0.211 e. The van der Waals surface area contributed by atoms with Crippen LogP contribution < -0.4 is 26.8 Å². The second-order valence-electron chi connectivity index (χ2n) is 6.85. The summed E-state index contributed by atoms with van der Waals surface area (Å²) in [5.74, 6) is 1.08. The lowest BCUT2D eigenvalue weighted by Crippen LogP contribution is -2.32. The fraction of sp³-hybridized carbons (Fsp3) is 0.0909. The number of rotatable bonds is 4. The van der Waals surface area contributed by atoms with Crippen LogP contribution in [0.3, 0.4) is 0 Å². The maximum Gasteiger partial charge on any atom is 0.211 e. The first-order valence-electron chi connectivity index (χ1n) is 9.46. The molecule has 1 aromatic heterocycles. The number of ether oxygens (including phenoxy) is 1. The molecule has 1 aliphatic rings. The van der Waals surface area contributed by atoms with Crippen molar-refractivity contribution < 1.29 is 4.74 Å². The topological polar surface area (TPSA) is 158 Å². The molecule has 1 aliphatic heterocycles. The third kappa shape index (κ3) is 4.00. The fourth-order valence-corrected chi connectivity index (χ4v) is 3.65. The number of benzene rings is 2. The fourth-order valence-electron chi connectivity index (χ4n) is 3.39. The van der Waals surface area contributed by atoms with Gasteiger partial charge in [-0.3, -0.25) is 5.32 Å². The van der Waals surface area contributed by atoms with E-state index in [-0.39, 0.29) is 23.0 Å². The van der Waals surface area contributed by atoms with Gasteiger partial charge in [-0.25, -0.2) is 9.98 Å². The van der Waals surface area contributed by atoms with Crippen molar-refractivity contribution >= 4 is 39.2 Å². The minimum atomic E-state index is -0.677. The molecule has 0 saturated heterocycles. The number of fused-ring (bicyclic) bond motifs is 1. The van der Waals surface area contributed by atoms with Gasteiger partial charge in [0.05, 0.1) is 5.69 Å². The predicted octanol–water partition coefficient (Wildman–Crippen LogP) is 3.40. The molecule has 0 saturated carbocycles. The van der Waals surface area contributed by atoms with E-state index in [1.165, 1.54) is 0 Å². The molecule has 0 aliphatic carbocycles. The summed E-state index contributed by atoms with van der Waals surface area (Å²) in [7, 11) is 0. The zero-order valence-electron chi connectivity index (χ0n) is 16.6. The number of nitrogen functional groups attached to an aromatic ring is 2. The van der Waals surface area contributed by atoms with Crippen molar-refractivity contribution in [3.8, 4) is 18.0 Å². The molecular weight excluding hydrogens is 472 g/mol. The van der Waals surface area contributed by atoms with E-state index in [4.69, 9.17) is 21.5 Å². The van der Waals surface area contributed by atoms with Crippen molar-refractivity contribution in [2.24, 2.45) is 4.99 Å². The molecule has 4 rings (SSSR count). The molecule has 9 nitrogen and oxygen atoms in total. The Morgan fingerprint density at radius 3 is 2.59 bits per heavy atom. The second-order valence-corrected chi connectivity index (χ2v) is 7.77. The highest BCUT2D eigenvalue weighted by Gasteiger charge is 2.31. The molecule has 0 radical (unpaired) electrons. The maximum atomic E-state index is 9.49. The number of halogens is 1. The Morgan fingerprint density at radius 1 is 1.12 bits per heavy atom. The molecule has 1 unspecified atom stereocenters. The Kier molecular flexibility index (Phi) is 5.79. The molecule has 32 heavy (non-hydrogen) atoms. The number of nitrogens with one attached hydrogen (secondary N) is 2. The molecule has 0 fully saturated rings. The number of nitrogens with zero attached hydrogens (tertiary/aromatic N) is 4. The average molecular weight is 489 g/mol. The quantitative estimate of drug-likeness (QED) is 0.321. The van der Waals surface area contributed by atoms with Gasteiger partial charge in [0.25, 0.3) is 0 Å². The number of aromatic nitrogens is 1. The summed E-state index contributed by atoms with van der Waals surface area (Å²) >= 11 is 3.42. The maximum absolute atomic E-state index is 9.49. The predicted molar refractivity (Wildman–Crippen MR) is 124 cm³/mol. The number of hydrogen-bond donors (Lipinski definition) is 4. The Bertz CT molecular complexity index is 1290. The Labute approximate surface area is 192 Å². The van der Waals surface area contributed by atoms with Crippen LogP contribution >= 0.6 is 15.9 Å². The van der Waals surface area contributed by atoms with Gasteiger partial charge in [0, 0.05) is 15.6 Å². The Morgan fingerprint density at radius 2 is 1.88 bits per heavy atom. The molecule has 158 valence electrons. The molecule has 0 spiro atoms. The van der Waals surface area contributed by atoms with Crippen LogP contribution in [0.2, 0.25) is 0 Å². The van der Waals surface area contributed by atoms with Crippen LogP contribution in [0.4, 0.5) is 17.3 Å². The van der Waals surface area contributed by atoms with Crippen molar-refractivity contribution in [2.45, 2.75) is 12.6 Å². The van der Waals surface area contributed by atoms with Crippen molar-refractivity contribution in [3.63, 3.8) is 0 Å². The SMILES string of the molecule is N#CNC1=NC(c2ccccc2OCc2ccc(Br)cc2)c2c(nc(N)c(C#N)c2N)N1. The monoisotopic (exact) mass is 488 g/mol. The highest BCUT2D eigenvalue weighted by Crippen LogP contribution is 2.43. The average Bonchev–Trinajstić information content (AvgIpc) is 2.79. The number of nitrogens with two attached hydrogens (primary N) is 2. The number of nitriles is 2. The van der Waals surface area contributed by atoms with E-state index in [2.05, 4.69) is 36.5 Å². The third-order valence-electron chi connectivity index (χ3n) is 4.88. The number of hydrogen-bond acceptors (Lipinski definition) is 9. The summed E-state index contributed by atoms with van der Waals surface area (Å²) in [6.07, 6.45) is 1.84. The normalized spacial score (nSPS) is 14.2. The standard InChI is InChI=1S/C22H17BrN8O/c23-13-7-5-12(6-8-13)10-32-16-4-2-1-3-14(16)19-17-18(26)15(9-24)20(27)30-21(17)31-22(29-19)28-11-25/h1-8,19H,10H2,(H6,26,27,28,29,30,31). The first-order valence-corrected chi connectivity index (χ1v) is 10.3. The molecule has 1 atom stereocenters. The van der Waals surface area contributed by atoms with E-state index in [9.17, 15) is 5.26 Å². The van der Waals surface area contributed by atoms with Crippen LogP contribution in [0.5, 0.6) is 5.75 Å². The van der Waals surface area contributed by atoms with Crippen LogP contribution in [-0.2, 0) is 6.61 Å². The van der Waals surface area contributed by atoms with E-state index < -0.39 is 6.04 Å². The van der Waals surface area contributed by atoms with E-state index in [1.807, 2.05) is 60.8 Å². The number of anilines is 3. The van der Waals surface area contributed by atoms with Crippen LogP contribution in [-0.4, -0.2) is 10.9 Å². The van der Waals surface area contributed by atoms with Gasteiger partial charge >= 0.3 is 0 Å². The van der Waals surface area contributed by atoms with Gasteiger partial charge in [-0.05, 0) is 23.8 Å². The summed E-state index contributed by atoms with van der Waals surface area (Å²) < 4.78 is 7.09. The number of pyridine rings is 1. The molecule has 2 heterocycles. The van der Waals surface area contributed by atoms with Crippen LogP contribution in [0, 0.1) is 22.8 Å². The minimum Gasteiger partial charge on any atom is -0.489 e. The van der Waals surface area contributed by atoms with E-state index in [0.717, 1.165) is 10.0 Å². The van der Waals surface area contributed by atoms with Crippen molar-refractivity contribution in [1.29, 1.82) is 10.5 Å². The molecule has 6 N–H and O–H groups in total. The molecular formula is C22H17BrN8O. The number of guanidine groups is 1. The first-order chi connectivity index (χ1) is 15.5. The van der Waals surface area contributed by atoms with Gasteiger partial charge in [-0.2, -0.15) is 10.5 Å².